The van der Waals surface area contributed by atoms with Crippen molar-refractivity contribution in [3.8, 4) is 0 Å². The van der Waals surface area contributed by atoms with E-state index in [4.69, 9.17) is 5.21 Å². The van der Waals surface area contributed by atoms with Crippen molar-refractivity contribution in [2.45, 2.75) is 38.4 Å². The number of hydroxylamine groups is 3. The smallest absolute Gasteiger partial charge is 0.253 e. The summed E-state index contributed by atoms with van der Waals surface area (Å²) in [4.78, 5) is 0. The Kier molecular flexibility index (Phi) is 3.54. The van der Waals surface area contributed by atoms with Crippen molar-refractivity contribution < 1.29 is 15.2 Å². The lowest BCUT2D eigenvalue weighted by atomic mass is 9.92. The minimum absolute atomic E-state index is 0.100. The Balaban J connectivity index is 2.58. The average Bonchev–Trinajstić information content (AvgIpc) is 2.56. The molecule has 0 aliphatic carbocycles. The molecule has 0 fully saturated rings. The van der Waals surface area contributed by atoms with Crippen LogP contribution in [0.15, 0.2) is 35.5 Å². The zero-order valence-electron chi connectivity index (χ0n) is 11.8. The van der Waals surface area contributed by atoms with Crippen molar-refractivity contribution in [2.24, 2.45) is 5.16 Å². The zero-order valence-corrected chi connectivity index (χ0v) is 11.8. The monoisotopic (exact) mass is 277 g/mol. The van der Waals surface area contributed by atoms with Crippen LogP contribution in [-0.2, 0) is 0 Å². The average molecular weight is 277 g/mol. The van der Waals surface area contributed by atoms with Crippen molar-refractivity contribution in [3.63, 3.8) is 0 Å². The molecule has 0 saturated heterocycles. The van der Waals surface area contributed by atoms with Crippen molar-refractivity contribution in [3.05, 3.63) is 41.1 Å². The first-order valence-electron chi connectivity index (χ1n) is 6.41. The van der Waals surface area contributed by atoms with E-state index < -0.39 is 11.2 Å². The van der Waals surface area contributed by atoms with E-state index in [1.165, 1.54) is 6.21 Å². The molecule has 0 radical (unpaired) electrons. The SMILES string of the molecule is CC1(C)C(c2ccccc2)=[N+]([O-])C(C)(CC=NO)N1O. The minimum Gasteiger partial charge on any atom is -0.622 e. The molecule has 0 saturated carbocycles. The molecule has 2 rings (SSSR count). The number of hydrogen-bond donors (Lipinski definition) is 2. The van der Waals surface area contributed by atoms with E-state index in [2.05, 4.69) is 5.16 Å². The summed E-state index contributed by atoms with van der Waals surface area (Å²) in [5.74, 6) is 0. The molecule has 1 atom stereocenters. The third-order valence-corrected chi connectivity index (χ3v) is 3.81. The highest BCUT2D eigenvalue weighted by atomic mass is 16.6. The molecule has 0 aromatic heterocycles. The van der Waals surface area contributed by atoms with Gasteiger partial charge in [0.15, 0.2) is 0 Å². The molecule has 108 valence electrons. The predicted octanol–water partition coefficient (Wildman–Crippen LogP) is 2.04. The predicted molar refractivity (Wildman–Crippen MR) is 75.2 cm³/mol. The summed E-state index contributed by atoms with van der Waals surface area (Å²) in [6.07, 6.45) is 1.31. The van der Waals surface area contributed by atoms with Gasteiger partial charge in [-0.1, -0.05) is 18.2 Å². The quantitative estimate of drug-likeness (QED) is 0.291. The van der Waals surface area contributed by atoms with Crippen LogP contribution in [0.4, 0.5) is 0 Å². The molecule has 1 aromatic carbocycles. The van der Waals surface area contributed by atoms with Gasteiger partial charge in [0.25, 0.3) is 5.66 Å². The molecule has 1 aliphatic heterocycles. The van der Waals surface area contributed by atoms with Crippen LogP contribution >= 0.6 is 0 Å². The fraction of sp³-hybridized carbons (Fsp3) is 0.429. The molecule has 0 spiro atoms. The standard InChI is InChI=1S/C14H19N3O3/c1-13(2)12(11-7-5-4-6-8-11)16(19)14(3,17(13)20)9-10-15-18/h4-8,10,18,20H,9H2,1-3H3. The number of benzene rings is 1. The van der Waals surface area contributed by atoms with Crippen molar-refractivity contribution in [2.75, 3.05) is 0 Å². The third kappa shape index (κ3) is 1.97. The lowest BCUT2D eigenvalue weighted by molar-refractivity contribution is -0.583. The van der Waals surface area contributed by atoms with Crippen molar-refractivity contribution in [1.29, 1.82) is 0 Å². The van der Waals surface area contributed by atoms with E-state index in [1.54, 1.807) is 20.8 Å². The number of nitrogens with zero attached hydrogens (tertiary/aromatic N) is 3. The van der Waals surface area contributed by atoms with Gasteiger partial charge in [-0.2, -0.15) is 4.74 Å². The molecule has 1 aromatic rings. The van der Waals surface area contributed by atoms with E-state index in [-0.39, 0.29) is 6.42 Å². The Morgan fingerprint density at radius 2 is 1.90 bits per heavy atom. The van der Waals surface area contributed by atoms with E-state index in [1.807, 2.05) is 30.3 Å². The second-order valence-corrected chi connectivity index (χ2v) is 5.60. The Morgan fingerprint density at radius 3 is 2.45 bits per heavy atom. The minimum atomic E-state index is -1.21. The lowest BCUT2D eigenvalue weighted by Gasteiger charge is -2.31. The maximum absolute atomic E-state index is 12.7. The summed E-state index contributed by atoms with van der Waals surface area (Å²) < 4.78 is 0.796. The van der Waals surface area contributed by atoms with E-state index in [0.717, 1.165) is 15.4 Å². The first kappa shape index (κ1) is 14.5. The number of rotatable bonds is 3. The molecule has 1 aliphatic rings. The molecule has 1 heterocycles. The normalized spacial score (nSPS) is 26.6. The third-order valence-electron chi connectivity index (χ3n) is 3.81. The van der Waals surface area contributed by atoms with Gasteiger partial charge >= 0.3 is 0 Å². The topological polar surface area (TPSA) is 82.1 Å². The molecular formula is C14H19N3O3. The largest absolute Gasteiger partial charge is 0.622 e. The highest BCUT2D eigenvalue weighted by molar-refractivity contribution is 6.04. The number of oxime groups is 1. The van der Waals surface area contributed by atoms with Gasteiger partial charge in [-0.05, 0) is 26.0 Å². The first-order valence-corrected chi connectivity index (χ1v) is 6.41. The van der Waals surface area contributed by atoms with E-state index >= 15 is 0 Å². The molecular weight excluding hydrogens is 258 g/mol. The van der Waals surface area contributed by atoms with Crippen LogP contribution in [-0.4, -0.2) is 43.3 Å². The second kappa shape index (κ2) is 4.88. The molecule has 20 heavy (non-hydrogen) atoms. The van der Waals surface area contributed by atoms with E-state index in [0.29, 0.717) is 5.71 Å². The van der Waals surface area contributed by atoms with Crippen LogP contribution in [0.3, 0.4) is 0 Å². The van der Waals surface area contributed by atoms with Crippen LogP contribution in [0.25, 0.3) is 0 Å². The van der Waals surface area contributed by atoms with Crippen molar-refractivity contribution in [1.82, 2.24) is 5.06 Å². The van der Waals surface area contributed by atoms with E-state index in [9.17, 15) is 10.4 Å². The summed E-state index contributed by atoms with van der Waals surface area (Å²) in [5.41, 5.74) is -0.812. The Morgan fingerprint density at radius 1 is 1.30 bits per heavy atom. The van der Waals surface area contributed by atoms with Gasteiger partial charge in [0.1, 0.15) is 5.54 Å². The van der Waals surface area contributed by atoms with Gasteiger partial charge < -0.3 is 15.6 Å². The molecule has 0 bridgehead atoms. The van der Waals surface area contributed by atoms with Gasteiger partial charge in [0.2, 0.25) is 5.71 Å². The fourth-order valence-corrected chi connectivity index (χ4v) is 2.73. The first-order chi connectivity index (χ1) is 9.35. The summed E-state index contributed by atoms with van der Waals surface area (Å²) >= 11 is 0. The highest BCUT2D eigenvalue weighted by Crippen LogP contribution is 2.36. The fourth-order valence-electron chi connectivity index (χ4n) is 2.73. The summed E-state index contributed by atoms with van der Waals surface area (Å²) in [5, 5.41) is 35.6. The maximum atomic E-state index is 12.7. The molecule has 6 heteroatoms. The Bertz CT molecular complexity index is 554. The van der Waals surface area contributed by atoms with Gasteiger partial charge in [0.05, 0.1) is 12.6 Å². The van der Waals surface area contributed by atoms with Crippen LogP contribution < -0.4 is 0 Å². The summed E-state index contributed by atoms with van der Waals surface area (Å²) in [6, 6.07) is 9.23. The highest BCUT2D eigenvalue weighted by Gasteiger charge is 2.59. The van der Waals surface area contributed by atoms with Gasteiger partial charge in [-0.25, -0.2) is 0 Å². The molecule has 0 amide bonds. The van der Waals surface area contributed by atoms with Crippen LogP contribution in [0.5, 0.6) is 0 Å². The van der Waals surface area contributed by atoms with Gasteiger partial charge in [-0.3, -0.25) is 0 Å². The lowest BCUT2D eigenvalue weighted by Crippen LogP contribution is -2.53. The van der Waals surface area contributed by atoms with Crippen LogP contribution in [0.1, 0.15) is 32.8 Å². The Hall–Kier alpha value is -1.92. The molecule has 6 nitrogen and oxygen atoms in total. The van der Waals surface area contributed by atoms with Crippen LogP contribution in [0.2, 0.25) is 0 Å². The van der Waals surface area contributed by atoms with Crippen molar-refractivity contribution >= 4 is 11.9 Å². The summed E-state index contributed by atoms with van der Waals surface area (Å²) in [7, 11) is 0. The summed E-state index contributed by atoms with van der Waals surface area (Å²) in [6.45, 7) is 5.17. The number of hydrogen-bond acceptors (Lipinski definition) is 5. The zero-order chi connectivity index (χ0) is 15.0. The van der Waals surface area contributed by atoms with Crippen LogP contribution in [0, 0.1) is 5.21 Å². The second-order valence-electron chi connectivity index (χ2n) is 5.60. The molecule has 1 unspecified atom stereocenters. The molecule has 2 N–H and O–H groups in total. The van der Waals surface area contributed by atoms with Gasteiger partial charge in [-0.15, -0.1) is 10.2 Å². The van der Waals surface area contributed by atoms with Gasteiger partial charge in [0, 0.05) is 12.5 Å². The maximum Gasteiger partial charge on any atom is 0.253 e. The Labute approximate surface area is 117 Å².